The van der Waals surface area contributed by atoms with Crippen molar-refractivity contribution in [2.24, 2.45) is 5.92 Å². The van der Waals surface area contributed by atoms with Crippen LogP contribution in [0.1, 0.15) is 12.5 Å². The van der Waals surface area contributed by atoms with Crippen LogP contribution in [0.2, 0.25) is 0 Å². The van der Waals surface area contributed by atoms with Gasteiger partial charge in [0.1, 0.15) is 0 Å². The minimum Gasteiger partial charge on any atom is -0.396 e. The summed E-state index contributed by atoms with van der Waals surface area (Å²) in [4.78, 5) is 0. The molecule has 3 nitrogen and oxygen atoms in total. The van der Waals surface area contributed by atoms with Crippen LogP contribution < -0.4 is 0 Å². The fourth-order valence-corrected chi connectivity index (χ4v) is 1.70. The number of aromatic nitrogens is 2. The number of fused-ring (bicyclic) bond motifs is 1. The van der Waals surface area contributed by atoms with Crippen LogP contribution in [0.15, 0.2) is 24.4 Å². The quantitative estimate of drug-likeness (QED) is 0.830. The lowest BCUT2D eigenvalue weighted by Crippen LogP contribution is -2.11. The van der Waals surface area contributed by atoms with Crippen molar-refractivity contribution in [1.29, 1.82) is 0 Å². The summed E-state index contributed by atoms with van der Waals surface area (Å²) in [6.45, 7) is 5.06. The highest BCUT2D eigenvalue weighted by molar-refractivity contribution is 5.79. The molecule has 1 heterocycles. The Labute approximate surface area is 89.3 Å². The highest BCUT2D eigenvalue weighted by Gasteiger charge is 2.06. The number of hydrogen-bond donors (Lipinski definition) is 1. The molecule has 1 aromatic heterocycles. The van der Waals surface area contributed by atoms with Gasteiger partial charge in [-0.15, -0.1) is 0 Å². The zero-order valence-corrected chi connectivity index (χ0v) is 9.14. The Hall–Kier alpha value is -1.35. The maximum atomic E-state index is 9.01. The Morgan fingerprint density at radius 3 is 3.00 bits per heavy atom. The first-order chi connectivity index (χ1) is 7.20. The standard InChI is InChI=1S/C12H16N2O/c1-9-3-4-12-11(5-9)6-13-14(12)7-10(2)8-15/h3-6,10,15H,7-8H2,1-2H3/t10-/m0/s1. The lowest BCUT2D eigenvalue weighted by Gasteiger charge is -2.08. The fraction of sp³-hybridized carbons (Fsp3) is 0.417. The van der Waals surface area contributed by atoms with Gasteiger partial charge in [0, 0.05) is 18.5 Å². The van der Waals surface area contributed by atoms with Gasteiger partial charge in [0.05, 0.1) is 11.7 Å². The average Bonchev–Trinajstić information content (AvgIpc) is 2.60. The summed E-state index contributed by atoms with van der Waals surface area (Å²) >= 11 is 0. The molecule has 0 amide bonds. The molecule has 0 aliphatic carbocycles. The van der Waals surface area contributed by atoms with E-state index in [9.17, 15) is 0 Å². The predicted octanol–water partition coefficient (Wildman–Crippen LogP) is 1.97. The molecule has 0 bridgehead atoms. The summed E-state index contributed by atoms with van der Waals surface area (Å²) < 4.78 is 1.95. The molecule has 0 unspecified atom stereocenters. The van der Waals surface area contributed by atoms with Crippen LogP contribution in [0.25, 0.3) is 10.9 Å². The largest absolute Gasteiger partial charge is 0.396 e. The minimum absolute atomic E-state index is 0.202. The normalized spacial score (nSPS) is 13.3. The van der Waals surface area contributed by atoms with Gasteiger partial charge in [0.15, 0.2) is 0 Å². The Bertz CT molecular complexity index is 462. The topological polar surface area (TPSA) is 38.0 Å². The maximum absolute atomic E-state index is 9.01. The third kappa shape index (κ3) is 2.02. The zero-order chi connectivity index (χ0) is 10.8. The SMILES string of the molecule is Cc1ccc2c(cnn2C[C@H](C)CO)c1. The first-order valence-corrected chi connectivity index (χ1v) is 5.23. The molecule has 1 atom stereocenters. The van der Waals surface area contributed by atoms with Crippen molar-refractivity contribution in [2.45, 2.75) is 20.4 Å². The second-order valence-electron chi connectivity index (χ2n) is 4.18. The second kappa shape index (κ2) is 4.03. The van der Waals surface area contributed by atoms with Crippen molar-refractivity contribution >= 4 is 10.9 Å². The van der Waals surface area contributed by atoms with Crippen LogP contribution in [-0.4, -0.2) is 21.5 Å². The van der Waals surface area contributed by atoms with Gasteiger partial charge in [-0.05, 0) is 25.0 Å². The molecule has 15 heavy (non-hydrogen) atoms. The van der Waals surface area contributed by atoms with E-state index in [2.05, 4.69) is 30.2 Å². The molecular weight excluding hydrogens is 188 g/mol. The van der Waals surface area contributed by atoms with E-state index in [4.69, 9.17) is 5.11 Å². The molecule has 80 valence electrons. The molecule has 0 radical (unpaired) electrons. The van der Waals surface area contributed by atoms with E-state index in [1.165, 1.54) is 10.9 Å². The number of nitrogens with zero attached hydrogens (tertiary/aromatic N) is 2. The molecule has 0 aliphatic heterocycles. The number of rotatable bonds is 3. The third-order valence-corrected chi connectivity index (χ3v) is 2.59. The van der Waals surface area contributed by atoms with Crippen molar-refractivity contribution in [3.63, 3.8) is 0 Å². The Balaban J connectivity index is 2.36. The maximum Gasteiger partial charge on any atom is 0.0682 e. The Kier molecular flexibility index (Phi) is 2.73. The molecule has 0 spiro atoms. The molecule has 1 N–H and O–H groups in total. The molecular formula is C12H16N2O. The summed E-state index contributed by atoms with van der Waals surface area (Å²) in [7, 11) is 0. The van der Waals surface area contributed by atoms with E-state index in [0.717, 1.165) is 12.1 Å². The predicted molar refractivity (Wildman–Crippen MR) is 60.7 cm³/mol. The van der Waals surface area contributed by atoms with Gasteiger partial charge in [-0.2, -0.15) is 5.10 Å². The summed E-state index contributed by atoms with van der Waals surface area (Å²) in [6, 6.07) is 6.30. The second-order valence-corrected chi connectivity index (χ2v) is 4.18. The van der Waals surface area contributed by atoms with Gasteiger partial charge >= 0.3 is 0 Å². The average molecular weight is 204 g/mol. The molecule has 1 aromatic carbocycles. The van der Waals surface area contributed by atoms with Crippen molar-refractivity contribution in [2.75, 3.05) is 6.61 Å². The molecule has 0 saturated heterocycles. The van der Waals surface area contributed by atoms with Gasteiger partial charge in [0.2, 0.25) is 0 Å². The van der Waals surface area contributed by atoms with Crippen molar-refractivity contribution in [3.05, 3.63) is 30.0 Å². The summed E-state index contributed by atoms with van der Waals surface area (Å²) in [5, 5.41) is 14.5. The lowest BCUT2D eigenvalue weighted by atomic mass is 10.1. The van der Waals surface area contributed by atoms with E-state index < -0.39 is 0 Å². The monoisotopic (exact) mass is 204 g/mol. The molecule has 2 rings (SSSR count). The minimum atomic E-state index is 0.202. The van der Waals surface area contributed by atoms with Gasteiger partial charge < -0.3 is 5.11 Å². The van der Waals surface area contributed by atoms with Gasteiger partial charge in [0.25, 0.3) is 0 Å². The number of aliphatic hydroxyl groups is 1. The van der Waals surface area contributed by atoms with Gasteiger partial charge in [-0.25, -0.2) is 0 Å². The number of aryl methyl sites for hydroxylation is 1. The Morgan fingerprint density at radius 1 is 1.47 bits per heavy atom. The van der Waals surface area contributed by atoms with Crippen LogP contribution in [-0.2, 0) is 6.54 Å². The van der Waals surface area contributed by atoms with Crippen LogP contribution in [0.3, 0.4) is 0 Å². The highest BCUT2D eigenvalue weighted by Crippen LogP contribution is 2.16. The number of aliphatic hydroxyl groups excluding tert-OH is 1. The highest BCUT2D eigenvalue weighted by atomic mass is 16.3. The van der Waals surface area contributed by atoms with Crippen molar-refractivity contribution in [1.82, 2.24) is 9.78 Å². The van der Waals surface area contributed by atoms with Crippen molar-refractivity contribution < 1.29 is 5.11 Å². The number of hydrogen-bond acceptors (Lipinski definition) is 2. The van der Waals surface area contributed by atoms with E-state index in [1.807, 2.05) is 17.8 Å². The molecule has 0 fully saturated rings. The smallest absolute Gasteiger partial charge is 0.0682 e. The van der Waals surface area contributed by atoms with Crippen LogP contribution in [0, 0.1) is 12.8 Å². The van der Waals surface area contributed by atoms with Crippen LogP contribution in [0.4, 0.5) is 0 Å². The first-order valence-electron chi connectivity index (χ1n) is 5.23. The summed E-state index contributed by atoms with van der Waals surface area (Å²) in [5.41, 5.74) is 2.39. The molecule has 0 aliphatic rings. The van der Waals surface area contributed by atoms with E-state index in [0.29, 0.717) is 0 Å². The summed E-state index contributed by atoms with van der Waals surface area (Å²) in [5.74, 6) is 0.245. The molecule has 0 saturated carbocycles. The number of benzene rings is 1. The fourth-order valence-electron chi connectivity index (χ4n) is 1.70. The first kappa shape index (κ1) is 10.2. The Morgan fingerprint density at radius 2 is 2.27 bits per heavy atom. The third-order valence-electron chi connectivity index (χ3n) is 2.59. The molecule has 3 heteroatoms. The van der Waals surface area contributed by atoms with E-state index in [1.54, 1.807) is 0 Å². The van der Waals surface area contributed by atoms with Gasteiger partial charge in [-0.1, -0.05) is 18.6 Å². The zero-order valence-electron chi connectivity index (χ0n) is 9.14. The van der Waals surface area contributed by atoms with Crippen LogP contribution in [0.5, 0.6) is 0 Å². The van der Waals surface area contributed by atoms with Gasteiger partial charge in [-0.3, -0.25) is 4.68 Å². The van der Waals surface area contributed by atoms with Crippen molar-refractivity contribution in [3.8, 4) is 0 Å². The van der Waals surface area contributed by atoms with Crippen LogP contribution >= 0.6 is 0 Å². The van der Waals surface area contributed by atoms with E-state index in [-0.39, 0.29) is 12.5 Å². The van der Waals surface area contributed by atoms with E-state index >= 15 is 0 Å². The lowest BCUT2D eigenvalue weighted by molar-refractivity contribution is 0.220. The summed E-state index contributed by atoms with van der Waals surface area (Å²) in [6.07, 6.45) is 1.88. The molecule has 2 aromatic rings.